The van der Waals surface area contributed by atoms with Gasteiger partial charge in [-0.05, 0) is 48.9 Å². The maximum Gasteiger partial charge on any atom is 0.335 e. The lowest BCUT2D eigenvalue weighted by atomic mass is 10.0. The van der Waals surface area contributed by atoms with Crippen molar-refractivity contribution < 1.29 is 14.7 Å². The Morgan fingerprint density at radius 2 is 1.75 bits per heavy atom. The molecular formula is C20H21NO3. The van der Waals surface area contributed by atoms with Gasteiger partial charge in [-0.2, -0.15) is 0 Å². The molecule has 0 atom stereocenters. The standard InChI is InChI=1S/C20H21NO3/c22-19(13-12-15-7-1-3-10-17(15)20(23)24)21-14-6-5-9-16-8-2-4-11-18(16)21/h1-4,7-8,10-11H,5-6,9,12-14H2,(H,23,24). The van der Waals surface area contributed by atoms with Crippen molar-refractivity contribution in [1.82, 2.24) is 0 Å². The lowest BCUT2D eigenvalue weighted by Crippen LogP contribution is -2.32. The molecule has 4 heteroatoms. The number of hydrogen-bond donors (Lipinski definition) is 1. The van der Waals surface area contributed by atoms with E-state index in [9.17, 15) is 14.7 Å². The van der Waals surface area contributed by atoms with Crippen LogP contribution in [0.4, 0.5) is 5.69 Å². The fourth-order valence-corrected chi connectivity index (χ4v) is 3.27. The molecule has 0 saturated carbocycles. The fraction of sp³-hybridized carbons (Fsp3) is 0.300. The summed E-state index contributed by atoms with van der Waals surface area (Å²) in [4.78, 5) is 25.9. The summed E-state index contributed by atoms with van der Waals surface area (Å²) in [6.45, 7) is 0.733. The summed E-state index contributed by atoms with van der Waals surface area (Å²) in [7, 11) is 0. The first-order valence-corrected chi connectivity index (χ1v) is 8.36. The summed E-state index contributed by atoms with van der Waals surface area (Å²) in [5, 5.41) is 9.25. The van der Waals surface area contributed by atoms with E-state index in [4.69, 9.17) is 0 Å². The molecule has 1 heterocycles. The van der Waals surface area contributed by atoms with Gasteiger partial charge in [0.25, 0.3) is 0 Å². The smallest absolute Gasteiger partial charge is 0.335 e. The van der Waals surface area contributed by atoms with Crippen LogP contribution >= 0.6 is 0 Å². The lowest BCUT2D eigenvalue weighted by Gasteiger charge is -2.23. The Morgan fingerprint density at radius 3 is 2.58 bits per heavy atom. The maximum atomic E-state index is 12.7. The molecule has 0 aliphatic carbocycles. The molecule has 1 aliphatic rings. The van der Waals surface area contributed by atoms with E-state index in [1.54, 1.807) is 18.2 Å². The van der Waals surface area contributed by atoms with Crippen LogP contribution in [0.1, 0.15) is 40.7 Å². The highest BCUT2D eigenvalue weighted by atomic mass is 16.4. The zero-order chi connectivity index (χ0) is 16.9. The van der Waals surface area contributed by atoms with Crippen molar-refractivity contribution in [2.24, 2.45) is 0 Å². The molecule has 4 nitrogen and oxygen atoms in total. The van der Waals surface area contributed by atoms with Crippen LogP contribution in [0.2, 0.25) is 0 Å². The number of rotatable bonds is 4. The summed E-state index contributed by atoms with van der Waals surface area (Å²) in [6.07, 6.45) is 3.84. The third-order valence-corrected chi connectivity index (χ3v) is 4.52. The molecule has 3 rings (SSSR count). The van der Waals surface area contributed by atoms with Crippen molar-refractivity contribution in [3.63, 3.8) is 0 Å². The highest BCUT2D eigenvalue weighted by Crippen LogP contribution is 2.27. The molecule has 0 spiro atoms. The van der Waals surface area contributed by atoms with E-state index in [1.165, 1.54) is 5.56 Å². The first-order chi connectivity index (χ1) is 11.7. The number of anilines is 1. The van der Waals surface area contributed by atoms with Crippen molar-refractivity contribution in [3.8, 4) is 0 Å². The van der Waals surface area contributed by atoms with E-state index < -0.39 is 5.97 Å². The monoisotopic (exact) mass is 323 g/mol. The first-order valence-electron chi connectivity index (χ1n) is 8.36. The van der Waals surface area contributed by atoms with Crippen LogP contribution in [0.5, 0.6) is 0 Å². The average molecular weight is 323 g/mol. The minimum Gasteiger partial charge on any atom is -0.478 e. The maximum absolute atomic E-state index is 12.7. The molecule has 1 amide bonds. The van der Waals surface area contributed by atoms with Crippen molar-refractivity contribution in [2.45, 2.75) is 32.1 Å². The predicted molar refractivity (Wildman–Crippen MR) is 93.5 cm³/mol. The summed E-state index contributed by atoms with van der Waals surface area (Å²) in [5.41, 5.74) is 3.21. The fourth-order valence-electron chi connectivity index (χ4n) is 3.27. The highest BCUT2D eigenvalue weighted by Gasteiger charge is 2.21. The van der Waals surface area contributed by atoms with Gasteiger partial charge in [0.05, 0.1) is 5.56 Å². The van der Waals surface area contributed by atoms with Gasteiger partial charge in [0.15, 0.2) is 0 Å². The summed E-state index contributed by atoms with van der Waals surface area (Å²) in [5.74, 6) is -0.886. The number of benzene rings is 2. The molecule has 2 aromatic rings. The molecule has 1 N–H and O–H groups in total. The highest BCUT2D eigenvalue weighted by molar-refractivity contribution is 5.95. The van der Waals surface area contributed by atoms with Gasteiger partial charge in [0.2, 0.25) is 5.91 Å². The number of hydrogen-bond acceptors (Lipinski definition) is 2. The number of fused-ring (bicyclic) bond motifs is 1. The van der Waals surface area contributed by atoms with E-state index in [1.807, 2.05) is 29.2 Å². The van der Waals surface area contributed by atoms with Crippen molar-refractivity contribution >= 4 is 17.6 Å². The van der Waals surface area contributed by atoms with Gasteiger partial charge in [-0.3, -0.25) is 4.79 Å². The number of carboxylic acids is 1. The molecule has 0 saturated heterocycles. The van der Waals surface area contributed by atoms with Gasteiger partial charge in [-0.1, -0.05) is 36.4 Å². The summed E-state index contributed by atoms with van der Waals surface area (Å²) >= 11 is 0. The number of aromatic carboxylic acids is 1. The minimum atomic E-state index is -0.946. The van der Waals surface area contributed by atoms with Crippen LogP contribution in [0.3, 0.4) is 0 Å². The lowest BCUT2D eigenvalue weighted by molar-refractivity contribution is -0.118. The van der Waals surface area contributed by atoms with Gasteiger partial charge in [-0.15, -0.1) is 0 Å². The first kappa shape index (κ1) is 16.2. The second-order valence-corrected chi connectivity index (χ2v) is 6.09. The molecule has 0 bridgehead atoms. The van der Waals surface area contributed by atoms with Crippen LogP contribution in [0.15, 0.2) is 48.5 Å². The van der Waals surface area contributed by atoms with Crippen LogP contribution in [-0.4, -0.2) is 23.5 Å². The summed E-state index contributed by atoms with van der Waals surface area (Å²) < 4.78 is 0. The molecule has 0 fully saturated rings. The van der Waals surface area contributed by atoms with Gasteiger partial charge in [-0.25, -0.2) is 4.79 Å². The third-order valence-electron chi connectivity index (χ3n) is 4.52. The van der Waals surface area contributed by atoms with Crippen molar-refractivity contribution in [2.75, 3.05) is 11.4 Å². The van der Waals surface area contributed by atoms with Crippen molar-refractivity contribution in [3.05, 3.63) is 65.2 Å². The van der Waals surface area contributed by atoms with Crippen molar-refractivity contribution in [1.29, 1.82) is 0 Å². The molecule has 0 aromatic heterocycles. The molecule has 0 unspecified atom stereocenters. The summed E-state index contributed by atoms with van der Waals surface area (Å²) in [6, 6.07) is 15.0. The normalized spacial score (nSPS) is 13.9. The van der Waals surface area contributed by atoms with Gasteiger partial charge < -0.3 is 10.0 Å². The van der Waals surface area contributed by atoms with Gasteiger partial charge in [0, 0.05) is 18.7 Å². The number of aryl methyl sites for hydroxylation is 2. The zero-order valence-corrected chi connectivity index (χ0v) is 13.6. The van der Waals surface area contributed by atoms with Crippen LogP contribution in [-0.2, 0) is 17.6 Å². The largest absolute Gasteiger partial charge is 0.478 e. The Kier molecular flexibility index (Phi) is 4.94. The molecule has 124 valence electrons. The Balaban J connectivity index is 1.75. The Labute approximate surface area is 141 Å². The third kappa shape index (κ3) is 3.48. The SMILES string of the molecule is O=C(O)c1ccccc1CCC(=O)N1CCCCc2ccccc21. The second kappa shape index (κ2) is 7.30. The Morgan fingerprint density at radius 1 is 1.00 bits per heavy atom. The van der Waals surface area contributed by atoms with Crippen LogP contribution in [0, 0.1) is 0 Å². The number of amides is 1. The number of para-hydroxylation sites is 1. The van der Waals surface area contributed by atoms with E-state index in [-0.39, 0.29) is 11.5 Å². The van der Waals surface area contributed by atoms with Crippen LogP contribution in [0.25, 0.3) is 0 Å². The van der Waals surface area contributed by atoms with E-state index in [2.05, 4.69) is 6.07 Å². The zero-order valence-electron chi connectivity index (χ0n) is 13.6. The quantitative estimate of drug-likeness (QED) is 0.933. The van der Waals surface area contributed by atoms with Gasteiger partial charge in [0.1, 0.15) is 0 Å². The molecule has 1 aliphatic heterocycles. The molecule has 24 heavy (non-hydrogen) atoms. The number of nitrogens with zero attached hydrogens (tertiary/aromatic N) is 1. The molecule has 0 radical (unpaired) electrons. The number of carbonyl (C=O) groups excluding carboxylic acids is 1. The topological polar surface area (TPSA) is 57.6 Å². The minimum absolute atomic E-state index is 0.0598. The van der Waals surface area contributed by atoms with E-state index >= 15 is 0 Å². The predicted octanol–water partition coefficient (Wildman–Crippen LogP) is 3.69. The Hall–Kier alpha value is -2.62. The van der Waals surface area contributed by atoms with Gasteiger partial charge >= 0.3 is 5.97 Å². The Bertz CT molecular complexity index is 754. The molecule has 2 aromatic carbocycles. The van der Waals surface area contributed by atoms with E-state index in [0.717, 1.165) is 31.5 Å². The number of carbonyl (C=O) groups is 2. The van der Waals surface area contributed by atoms with E-state index in [0.29, 0.717) is 18.4 Å². The second-order valence-electron chi connectivity index (χ2n) is 6.09. The molecular weight excluding hydrogens is 302 g/mol. The average Bonchev–Trinajstić information content (AvgIpc) is 2.82. The van der Waals surface area contributed by atoms with Crippen LogP contribution < -0.4 is 4.90 Å². The number of carboxylic acid groups (broad SMARTS) is 1.